The molecule has 6 aromatic carbocycles. The van der Waals surface area contributed by atoms with E-state index in [9.17, 15) is 0 Å². The maximum absolute atomic E-state index is 6.70. The second-order valence-electron chi connectivity index (χ2n) is 12.7. The summed E-state index contributed by atoms with van der Waals surface area (Å²) in [6, 6.07) is 52.4. The molecule has 0 bridgehead atoms. The standard InChI is InChI=1S/C44H24N6OS.Pt/c1-2-10-27(11-3-1)43-47-44-50(48-43)39-24-42(46-26-41(39)52-44)49-37-17-9-8-16-34(37)35-19-18-32(23-38(35)49)51-40-22-31(20-29-13-6-7-15-33(29)40)36-21-28-12-4-5-14-30(28)25-45-36;/h1-21,24-26H;/q-2;+2. The van der Waals surface area contributed by atoms with Crippen molar-refractivity contribution in [3.05, 3.63) is 158 Å². The van der Waals surface area contributed by atoms with Crippen molar-refractivity contribution in [1.82, 2.24) is 29.1 Å². The van der Waals surface area contributed by atoms with Crippen molar-refractivity contribution in [2.24, 2.45) is 0 Å². The Balaban J connectivity index is 0.00000349. The van der Waals surface area contributed by atoms with E-state index in [0.717, 1.165) is 81.2 Å². The summed E-state index contributed by atoms with van der Waals surface area (Å²) in [5.41, 5.74) is 5.50. The molecule has 0 atom stereocenters. The zero-order chi connectivity index (χ0) is 34.2. The van der Waals surface area contributed by atoms with Crippen LogP contribution in [0.5, 0.6) is 11.5 Å². The molecule has 0 saturated heterocycles. The van der Waals surface area contributed by atoms with Crippen molar-refractivity contribution in [2.45, 2.75) is 0 Å². The van der Waals surface area contributed by atoms with E-state index in [1.807, 2.05) is 83.6 Å². The molecule has 11 aromatic rings. The molecular weight excluding hydrogens is 856 g/mol. The predicted octanol–water partition coefficient (Wildman–Crippen LogP) is 10.9. The zero-order valence-corrected chi connectivity index (χ0v) is 30.8. The Kier molecular flexibility index (Phi) is 7.42. The minimum atomic E-state index is 0. The Morgan fingerprint density at radius 3 is 2.28 bits per heavy atom. The van der Waals surface area contributed by atoms with Crippen LogP contribution in [0.1, 0.15) is 0 Å². The maximum Gasteiger partial charge on any atom is 2.00 e. The van der Waals surface area contributed by atoms with Crippen LogP contribution in [0.2, 0.25) is 0 Å². The van der Waals surface area contributed by atoms with E-state index in [4.69, 9.17) is 24.8 Å². The van der Waals surface area contributed by atoms with Crippen LogP contribution in [0, 0.1) is 12.1 Å². The molecule has 0 unspecified atom stereocenters. The molecule has 0 amide bonds. The van der Waals surface area contributed by atoms with E-state index < -0.39 is 0 Å². The number of aromatic nitrogens is 6. The Labute approximate surface area is 321 Å². The molecule has 7 nitrogen and oxygen atoms in total. The van der Waals surface area contributed by atoms with Gasteiger partial charge in [-0.05, 0) is 27.9 Å². The van der Waals surface area contributed by atoms with Gasteiger partial charge in [0, 0.05) is 41.0 Å². The summed E-state index contributed by atoms with van der Waals surface area (Å²) in [6.45, 7) is 0. The SMILES string of the molecule is [Pt+2].[c-]1c(-c2cc3ccccc3cn2)cc2ccccc2c1Oc1[c-]c2c(cc1)c1ccccc1n2-c1cc2c(cn1)sc1nc(-c3ccccc3)nn12. The number of ether oxygens (including phenoxy) is 1. The number of hydrogen-bond donors (Lipinski definition) is 0. The normalized spacial score (nSPS) is 11.6. The molecule has 252 valence electrons. The predicted molar refractivity (Wildman–Crippen MR) is 208 cm³/mol. The van der Waals surface area contributed by atoms with E-state index in [1.165, 1.54) is 0 Å². The van der Waals surface area contributed by atoms with Gasteiger partial charge in [0.1, 0.15) is 5.82 Å². The van der Waals surface area contributed by atoms with Gasteiger partial charge in [0.15, 0.2) is 5.82 Å². The zero-order valence-electron chi connectivity index (χ0n) is 27.7. The summed E-state index contributed by atoms with van der Waals surface area (Å²) in [6.07, 6.45) is 3.81. The molecule has 9 heteroatoms. The molecule has 0 fully saturated rings. The van der Waals surface area contributed by atoms with Crippen molar-refractivity contribution >= 4 is 69.9 Å². The van der Waals surface area contributed by atoms with Gasteiger partial charge in [-0.15, -0.1) is 34.2 Å². The van der Waals surface area contributed by atoms with Crippen molar-refractivity contribution < 1.29 is 25.8 Å². The van der Waals surface area contributed by atoms with Crippen molar-refractivity contribution in [3.8, 4) is 40.0 Å². The molecule has 53 heavy (non-hydrogen) atoms. The first-order chi connectivity index (χ1) is 25.7. The molecule has 0 radical (unpaired) electrons. The summed E-state index contributed by atoms with van der Waals surface area (Å²) < 4.78 is 11.8. The fraction of sp³-hybridized carbons (Fsp3) is 0. The monoisotopic (exact) mass is 879 g/mol. The number of nitrogens with zero attached hydrogens (tertiary/aromatic N) is 6. The number of fused-ring (bicyclic) bond motifs is 8. The molecule has 11 rings (SSSR count). The first-order valence-corrected chi connectivity index (χ1v) is 17.7. The fourth-order valence-corrected chi connectivity index (χ4v) is 7.97. The van der Waals surface area contributed by atoms with Gasteiger partial charge in [0.05, 0.1) is 10.2 Å². The molecule has 0 aliphatic carbocycles. The summed E-state index contributed by atoms with van der Waals surface area (Å²) in [7, 11) is 0. The van der Waals surface area contributed by atoms with Crippen LogP contribution in [0.25, 0.3) is 87.0 Å². The second kappa shape index (κ2) is 12.5. The fourth-order valence-electron chi connectivity index (χ4n) is 7.06. The van der Waals surface area contributed by atoms with Crippen LogP contribution in [0.4, 0.5) is 0 Å². The largest absolute Gasteiger partial charge is 2.00 e. The average molecular weight is 880 g/mol. The van der Waals surface area contributed by atoms with Gasteiger partial charge >= 0.3 is 21.1 Å². The number of para-hydroxylation sites is 1. The average Bonchev–Trinajstić information content (AvgIpc) is 3.87. The third-order valence-electron chi connectivity index (χ3n) is 9.53. The third-order valence-corrected chi connectivity index (χ3v) is 10.5. The third kappa shape index (κ3) is 5.21. The molecule has 5 aromatic heterocycles. The van der Waals surface area contributed by atoms with E-state index >= 15 is 0 Å². The van der Waals surface area contributed by atoms with Crippen LogP contribution in [-0.2, 0) is 21.1 Å². The first kappa shape index (κ1) is 31.5. The van der Waals surface area contributed by atoms with Gasteiger partial charge in [-0.1, -0.05) is 137 Å². The van der Waals surface area contributed by atoms with E-state index in [2.05, 4.69) is 83.4 Å². The van der Waals surface area contributed by atoms with Gasteiger partial charge in [0.2, 0.25) is 4.96 Å². The van der Waals surface area contributed by atoms with Crippen LogP contribution in [-0.4, -0.2) is 29.1 Å². The van der Waals surface area contributed by atoms with Crippen molar-refractivity contribution in [2.75, 3.05) is 0 Å². The maximum atomic E-state index is 6.70. The van der Waals surface area contributed by atoms with Crippen LogP contribution in [0.3, 0.4) is 0 Å². The van der Waals surface area contributed by atoms with E-state index in [1.54, 1.807) is 11.3 Å². The number of thiazole rings is 1. The Morgan fingerprint density at radius 1 is 0.623 bits per heavy atom. The first-order valence-electron chi connectivity index (χ1n) is 16.9. The van der Waals surface area contributed by atoms with Crippen LogP contribution in [0.15, 0.2) is 146 Å². The van der Waals surface area contributed by atoms with Crippen LogP contribution < -0.4 is 4.74 Å². The molecule has 0 aliphatic rings. The van der Waals surface area contributed by atoms with Gasteiger partial charge < -0.3 is 14.3 Å². The Hall–Kier alpha value is -6.21. The molecule has 5 heterocycles. The number of rotatable bonds is 5. The smallest absolute Gasteiger partial charge is 0.502 e. The van der Waals surface area contributed by atoms with E-state index in [-0.39, 0.29) is 21.1 Å². The Morgan fingerprint density at radius 2 is 1.40 bits per heavy atom. The second-order valence-corrected chi connectivity index (χ2v) is 13.7. The summed E-state index contributed by atoms with van der Waals surface area (Å²) in [5, 5.41) is 11.3. The molecule has 0 spiro atoms. The summed E-state index contributed by atoms with van der Waals surface area (Å²) in [5.74, 6) is 2.64. The quantitative estimate of drug-likeness (QED) is 0.161. The molecule has 0 N–H and O–H groups in total. The Bertz CT molecular complexity index is 3190. The molecule has 0 saturated carbocycles. The topological polar surface area (TPSA) is 70.1 Å². The molecule has 0 aliphatic heterocycles. The number of hydrogen-bond acceptors (Lipinski definition) is 6. The minimum Gasteiger partial charge on any atom is -0.502 e. The van der Waals surface area contributed by atoms with Gasteiger partial charge in [0.25, 0.3) is 0 Å². The van der Waals surface area contributed by atoms with Gasteiger partial charge in [-0.25, -0.2) is 9.50 Å². The van der Waals surface area contributed by atoms with Crippen molar-refractivity contribution in [1.29, 1.82) is 0 Å². The summed E-state index contributed by atoms with van der Waals surface area (Å²) in [4.78, 5) is 15.4. The molecular formula is C44H24N6OPtS. The minimum absolute atomic E-state index is 0. The van der Waals surface area contributed by atoms with Gasteiger partial charge in [-0.2, -0.15) is 11.1 Å². The van der Waals surface area contributed by atoms with Crippen LogP contribution >= 0.6 is 11.3 Å². The number of benzene rings is 6. The number of pyridine rings is 2. The van der Waals surface area contributed by atoms with E-state index in [0.29, 0.717) is 17.3 Å². The van der Waals surface area contributed by atoms with Gasteiger partial charge in [-0.3, -0.25) is 0 Å². The van der Waals surface area contributed by atoms with Crippen molar-refractivity contribution in [3.63, 3.8) is 0 Å². The summed E-state index contributed by atoms with van der Waals surface area (Å²) >= 11 is 1.58.